The van der Waals surface area contributed by atoms with Crippen molar-refractivity contribution in [2.45, 2.75) is 31.1 Å². The van der Waals surface area contributed by atoms with Gasteiger partial charge >= 0.3 is 0 Å². The minimum Gasteiger partial charge on any atom is -0.493 e. The average Bonchev–Trinajstić information content (AvgIpc) is 3.19. The van der Waals surface area contributed by atoms with Crippen molar-refractivity contribution in [2.75, 3.05) is 25.0 Å². The molecular weight excluding hydrogens is 364 g/mol. The first-order valence-electron chi connectivity index (χ1n) is 9.05. The number of nitrogens with one attached hydrogen (secondary N) is 1. The quantitative estimate of drug-likeness (QED) is 0.790. The smallest absolute Gasteiger partial charge is 0.243 e. The number of benzene rings is 2. The molecule has 6 nitrogen and oxygen atoms in total. The number of ether oxygens (including phenoxy) is 1. The molecule has 0 radical (unpaired) electrons. The predicted octanol–water partition coefficient (Wildman–Crippen LogP) is 3.19. The minimum absolute atomic E-state index is 0.178. The highest BCUT2D eigenvalue weighted by Gasteiger charge is 2.27. The highest BCUT2D eigenvalue weighted by atomic mass is 32.2. The van der Waals surface area contributed by atoms with E-state index in [1.165, 1.54) is 10.4 Å². The Labute approximate surface area is 160 Å². The monoisotopic (exact) mass is 388 g/mol. The molecule has 2 aromatic carbocycles. The van der Waals surface area contributed by atoms with Crippen molar-refractivity contribution in [3.63, 3.8) is 0 Å². The van der Waals surface area contributed by atoms with Crippen molar-refractivity contribution in [1.29, 1.82) is 0 Å². The van der Waals surface area contributed by atoms with Crippen LogP contribution in [-0.2, 0) is 14.8 Å². The molecule has 1 aliphatic heterocycles. The molecule has 1 aliphatic rings. The number of sulfonamides is 1. The van der Waals surface area contributed by atoms with E-state index in [4.69, 9.17) is 4.74 Å². The van der Waals surface area contributed by atoms with Gasteiger partial charge in [-0.25, -0.2) is 8.42 Å². The second kappa shape index (κ2) is 8.54. The van der Waals surface area contributed by atoms with Gasteiger partial charge in [-0.1, -0.05) is 23.8 Å². The van der Waals surface area contributed by atoms with Crippen LogP contribution in [0.1, 0.15) is 24.8 Å². The molecule has 1 fully saturated rings. The highest BCUT2D eigenvalue weighted by molar-refractivity contribution is 7.89. The SMILES string of the molecule is Cc1ccc(OCCC(=O)Nc2cccc(S(=O)(=O)N3CCCC3)c2)cc1. The Bertz CT molecular complexity index is 888. The number of aryl methyl sites for hydroxylation is 1. The zero-order valence-electron chi connectivity index (χ0n) is 15.3. The number of nitrogens with zero attached hydrogens (tertiary/aromatic N) is 1. The topological polar surface area (TPSA) is 75.7 Å². The van der Waals surface area contributed by atoms with Crippen molar-refractivity contribution >= 4 is 21.6 Å². The normalized spacial score (nSPS) is 14.9. The van der Waals surface area contributed by atoms with Crippen LogP contribution in [0.2, 0.25) is 0 Å². The third-order valence-electron chi connectivity index (χ3n) is 4.44. The number of carbonyl (C=O) groups excluding carboxylic acids is 1. The Balaban J connectivity index is 1.55. The van der Waals surface area contributed by atoms with E-state index in [9.17, 15) is 13.2 Å². The van der Waals surface area contributed by atoms with Crippen molar-refractivity contribution in [3.8, 4) is 5.75 Å². The summed E-state index contributed by atoms with van der Waals surface area (Å²) in [5, 5.41) is 2.74. The van der Waals surface area contributed by atoms with E-state index < -0.39 is 10.0 Å². The number of rotatable bonds is 7. The van der Waals surface area contributed by atoms with E-state index >= 15 is 0 Å². The molecule has 0 atom stereocenters. The molecule has 1 N–H and O–H groups in total. The summed E-state index contributed by atoms with van der Waals surface area (Å²) in [4.78, 5) is 12.3. The van der Waals surface area contributed by atoms with E-state index in [1.54, 1.807) is 18.2 Å². The number of carbonyl (C=O) groups is 1. The van der Waals surface area contributed by atoms with Gasteiger partial charge in [0, 0.05) is 18.8 Å². The van der Waals surface area contributed by atoms with Gasteiger partial charge in [-0.05, 0) is 50.1 Å². The summed E-state index contributed by atoms with van der Waals surface area (Å²) in [5.41, 5.74) is 1.61. The summed E-state index contributed by atoms with van der Waals surface area (Å²) in [6.07, 6.45) is 1.95. The van der Waals surface area contributed by atoms with Crippen LogP contribution in [0.5, 0.6) is 5.75 Å². The standard InChI is InChI=1S/C20H24N2O4S/c1-16-7-9-18(10-8-16)26-14-11-20(23)21-17-5-4-6-19(15-17)27(24,25)22-12-2-3-13-22/h4-10,15H,2-3,11-14H2,1H3,(H,21,23). The van der Waals surface area contributed by atoms with Crippen molar-refractivity contribution in [1.82, 2.24) is 4.31 Å². The van der Waals surface area contributed by atoms with Crippen molar-refractivity contribution in [3.05, 3.63) is 54.1 Å². The lowest BCUT2D eigenvalue weighted by molar-refractivity contribution is -0.116. The molecular formula is C20H24N2O4S. The van der Waals surface area contributed by atoms with E-state index in [-0.39, 0.29) is 23.8 Å². The van der Waals surface area contributed by atoms with Gasteiger partial charge in [-0.15, -0.1) is 0 Å². The van der Waals surface area contributed by atoms with Gasteiger partial charge in [-0.3, -0.25) is 4.79 Å². The Morgan fingerprint density at radius 1 is 1.11 bits per heavy atom. The minimum atomic E-state index is -3.50. The number of amides is 1. The van der Waals surface area contributed by atoms with Crippen LogP contribution >= 0.6 is 0 Å². The molecule has 1 amide bonds. The van der Waals surface area contributed by atoms with Crippen LogP contribution < -0.4 is 10.1 Å². The first-order valence-corrected chi connectivity index (χ1v) is 10.5. The molecule has 0 saturated carbocycles. The van der Waals surface area contributed by atoms with E-state index in [1.807, 2.05) is 31.2 Å². The van der Waals surface area contributed by atoms with Gasteiger partial charge in [0.2, 0.25) is 15.9 Å². The van der Waals surface area contributed by atoms with Gasteiger partial charge in [0.15, 0.2) is 0 Å². The first kappa shape index (κ1) is 19.4. The molecule has 27 heavy (non-hydrogen) atoms. The molecule has 2 aromatic rings. The number of hydrogen-bond acceptors (Lipinski definition) is 4. The van der Waals surface area contributed by atoms with Gasteiger partial charge in [0.25, 0.3) is 0 Å². The lowest BCUT2D eigenvalue weighted by Crippen LogP contribution is -2.28. The zero-order valence-corrected chi connectivity index (χ0v) is 16.2. The van der Waals surface area contributed by atoms with E-state index in [0.29, 0.717) is 24.5 Å². The Morgan fingerprint density at radius 2 is 1.81 bits per heavy atom. The van der Waals surface area contributed by atoms with Crippen LogP contribution in [0.3, 0.4) is 0 Å². The van der Waals surface area contributed by atoms with Crippen molar-refractivity contribution < 1.29 is 17.9 Å². The number of hydrogen-bond donors (Lipinski definition) is 1. The fraction of sp³-hybridized carbons (Fsp3) is 0.350. The van der Waals surface area contributed by atoms with E-state index in [0.717, 1.165) is 18.4 Å². The maximum Gasteiger partial charge on any atom is 0.243 e. The van der Waals surface area contributed by atoms with Gasteiger partial charge in [-0.2, -0.15) is 4.31 Å². The molecule has 0 unspecified atom stereocenters. The largest absolute Gasteiger partial charge is 0.493 e. The maximum absolute atomic E-state index is 12.6. The summed E-state index contributed by atoms with van der Waals surface area (Å²) >= 11 is 0. The Morgan fingerprint density at radius 3 is 2.52 bits per heavy atom. The Hall–Kier alpha value is -2.38. The summed E-state index contributed by atoms with van der Waals surface area (Å²) in [6.45, 7) is 3.35. The molecule has 0 spiro atoms. The van der Waals surface area contributed by atoms with Crippen LogP contribution in [0.4, 0.5) is 5.69 Å². The van der Waals surface area contributed by atoms with Crippen LogP contribution in [0, 0.1) is 6.92 Å². The third kappa shape index (κ3) is 5.08. The lowest BCUT2D eigenvalue weighted by atomic mass is 10.2. The van der Waals surface area contributed by atoms with Gasteiger partial charge in [0.1, 0.15) is 5.75 Å². The maximum atomic E-state index is 12.6. The zero-order chi connectivity index (χ0) is 19.3. The molecule has 0 bridgehead atoms. The van der Waals surface area contributed by atoms with Crippen LogP contribution in [0.15, 0.2) is 53.4 Å². The first-order chi connectivity index (χ1) is 12.9. The molecule has 1 heterocycles. The molecule has 1 saturated heterocycles. The summed E-state index contributed by atoms with van der Waals surface area (Å²) in [5.74, 6) is 0.491. The summed E-state index contributed by atoms with van der Waals surface area (Å²) < 4.78 is 32.3. The molecule has 3 rings (SSSR count). The Kier molecular flexibility index (Phi) is 6.13. The average molecular weight is 388 g/mol. The molecule has 7 heteroatoms. The molecule has 144 valence electrons. The fourth-order valence-electron chi connectivity index (χ4n) is 2.93. The van der Waals surface area contributed by atoms with Crippen molar-refractivity contribution in [2.24, 2.45) is 0 Å². The second-order valence-corrected chi connectivity index (χ2v) is 8.54. The van der Waals surface area contributed by atoms with Gasteiger partial charge in [0.05, 0.1) is 17.9 Å². The molecule has 0 aliphatic carbocycles. The predicted molar refractivity (Wildman–Crippen MR) is 104 cm³/mol. The summed E-state index contributed by atoms with van der Waals surface area (Å²) in [7, 11) is -3.50. The second-order valence-electron chi connectivity index (χ2n) is 6.60. The summed E-state index contributed by atoms with van der Waals surface area (Å²) in [6, 6.07) is 14.0. The fourth-order valence-corrected chi connectivity index (χ4v) is 4.49. The van der Waals surface area contributed by atoms with Crippen LogP contribution in [-0.4, -0.2) is 38.3 Å². The molecule has 0 aromatic heterocycles. The van der Waals surface area contributed by atoms with E-state index in [2.05, 4.69) is 5.32 Å². The highest BCUT2D eigenvalue weighted by Crippen LogP contribution is 2.23. The third-order valence-corrected chi connectivity index (χ3v) is 6.33. The lowest BCUT2D eigenvalue weighted by Gasteiger charge is -2.16. The van der Waals surface area contributed by atoms with Gasteiger partial charge < -0.3 is 10.1 Å². The number of anilines is 1. The van der Waals surface area contributed by atoms with Crippen LogP contribution in [0.25, 0.3) is 0 Å².